The minimum Gasteiger partial charge on any atom is -0.365 e. The summed E-state index contributed by atoms with van der Waals surface area (Å²) in [6, 6.07) is 6.84. The van der Waals surface area contributed by atoms with E-state index in [1.54, 1.807) is 24.3 Å². The van der Waals surface area contributed by atoms with Crippen LogP contribution in [0.5, 0.6) is 0 Å². The molecule has 2 heterocycles. The van der Waals surface area contributed by atoms with Gasteiger partial charge in [0.05, 0.1) is 10.9 Å². The van der Waals surface area contributed by atoms with Crippen LogP contribution < -0.4 is 16.6 Å². The molecule has 0 saturated carbocycles. The first-order chi connectivity index (χ1) is 13.4. The van der Waals surface area contributed by atoms with E-state index in [-0.39, 0.29) is 11.3 Å². The number of nitrogens with zero attached hydrogens (tertiary/aromatic N) is 2. The predicted octanol–water partition coefficient (Wildman–Crippen LogP) is 2.47. The molecule has 1 aliphatic carbocycles. The molecular formula is C20H20N4O3S. The van der Waals surface area contributed by atoms with E-state index in [4.69, 9.17) is 5.73 Å². The van der Waals surface area contributed by atoms with Crippen LogP contribution in [0.1, 0.15) is 44.6 Å². The molecule has 0 saturated heterocycles. The first-order valence-corrected chi connectivity index (χ1v) is 9.90. The largest absolute Gasteiger partial charge is 0.365 e. The molecule has 0 radical (unpaired) electrons. The second-order valence-electron chi connectivity index (χ2n) is 7.20. The third kappa shape index (κ3) is 2.99. The quantitative estimate of drug-likeness (QED) is 0.709. The third-order valence-corrected chi connectivity index (χ3v) is 6.33. The Labute approximate surface area is 165 Å². The van der Waals surface area contributed by atoms with Crippen LogP contribution in [-0.4, -0.2) is 21.6 Å². The van der Waals surface area contributed by atoms with Gasteiger partial charge in [0, 0.05) is 17.3 Å². The SMILES string of the molecule is CC1CCc2c(sc(NC(=O)c3nn(C)c(=O)c4ccccc34)c2C(N)=O)C1. The van der Waals surface area contributed by atoms with Crippen LogP contribution in [0.3, 0.4) is 0 Å². The Morgan fingerprint density at radius 2 is 2.00 bits per heavy atom. The highest BCUT2D eigenvalue weighted by atomic mass is 32.1. The molecule has 1 aliphatic rings. The zero-order valence-electron chi connectivity index (χ0n) is 15.6. The van der Waals surface area contributed by atoms with Gasteiger partial charge in [-0.25, -0.2) is 4.68 Å². The lowest BCUT2D eigenvalue weighted by Crippen LogP contribution is -2.26. The van der Waals surface area contributed by atoms with Crippen molar-refractivity contribution in [3.8, 4) is 0 Å². The fourth-order valence-electron chi connectivity index (χ4n) is 3.73. The molecule has 2 amide bonds. The van der Waals surface area contributed by atoms with Crippen LogP contribution in [-0.2, 0) is 19.9 Å². The fourth-order valence-corrected chi connectivity index (χ4v) is 5.14. The van der Waals surface area contributed by atoms with Crippen molar-refractivity contribution in [2.24, 2.45) is 18.7 Å². The van der Waals surface area contributed by atoms with Gasteiger partial charge >= 0.3 is 0 Å². The van der Waals surface area contributed by atoms with Crippen LogP contribution >= 0.6 is 11.3 Å². The molecule has 1 unspecified atom stereocenters. The van der Waals surface area contributed by atoms with E-state index in [1.807, 2.05) is 0 Å². The van der Waals surface area contributed by atoms with Crippen molar-refractivity contribution in [3.05, 3.63) is 56.3 Å². The van der Waals surface area contributed by atoms with E-state index < -0.39 is 11.8 Å². The lowest BCUT2D eigenvalue weighted by Gasteiger charge is -2.18. The summed E-state index contributed by atoms with van der Waals surface area (Å²) in [5.74, 6) is -0.480. The summed E-state index contributed by atoms with van der Waals surface area (Å²) in [4.78, 5) is 38.5. The van der Waals surface area contributed by atoms with Crippen LogP contribution in [0.4, 0.5) is 5.00 Å². The highest BCUT2D eigenvalue weighted by Gasteiger charge is 2.28. The van der Waals surface area contributed by atoms with Crippen molar-refractivity contribution < 1.29 is 9.59 Å². The number of hydrogen-bond donors (Lipinski definition) is 2. The van der Waals surface area contributed by atoms with Gasteiger partial charge in [-0.3, -0.25) is 14.4 Å². The molecule has 0 spiro atoms. The number of hydrogen-bond acceptors (Lipinski definition) is 5. The molecule has 0 bridgehead atoms. The Kier molecular flexibility index (Phi) is 4.50. The summed E-state index contributed by atoms with van der Waals surface area (Å²) in [5.41, 5.74) is 6.83. The lowest BCUT2D eigenvalue weighted by atomic mass is 9.88. The van der Waals surface area contributed by atoms with Crippen LogP contribution in [0, 0.1) is 5.92 Å². The highest BCUT2D eigenvalue weighted by molar-refractivity contribution is 7.17. The molecule has 1 atom stereocenters. The molecule has 3 aromatic rings. The molecule has 0 fully saturated rings. The molecule has 3 N–H and O–H groups in total. The van der Waals surface area contributed by atoms with E-state index in [2.05, 4.69) is 17.3 Å². The Balaban J connectivity index is 1.78. The molecule has 28 heavy (non-hydrogen) atoms. The smallest absolute Gasteiger partial charge is 0.277 e. The topological polar surface area (TPSA) is 107 Å². The van der Waals surface area contributed by atoms with Crippen LogP contribution in [0.15, 0.2) is 29.1 Å². The van der Waals surface area contributed by atoms with Gasteiger partial charge in [-0.15, -0.1) is 11.3 Å². The Bertz CT molecular complexity index is 1180. The summed E-state index contributed by atoms with van der Waals surface area (Å²) in [7, 11) is 1.51. The number of benzene rings is 1. The molecule has 0 aliphatic heterocycles. The molecule has 2 aromatic heterocycles. The van der Waals surface area contributed by atoms with E-state index in [0.717, 1.165) is 34.4 Å². The second kappa shape index (κ2) is 6.87. The van der Waals surface area contributed by atoms with Crippen molar-refractivity contribution in [3.63, 3.8) is 0 Å². The van der Waals surface area contributed by atoms with Gasteiger partial charge in [-0.2, -0.15) is 5.10 Å². The summed E-state index contributed by atoms with van der Waals surface area (Å²) in [6.45, 7) is 2.17. The maximum absolute atomic E-state index is 13.0. The predicted molar refractivity (Wildman–Crippen MR) is 109 cm³/mol. The van der Waals surface area contributed by atoms with Crippen LogP contribution in [0.25, 0.3) is 10.8 Å². The fraction of sp³-hybridized carbons (Fsp3) is 0.300. The standard InChI is InChI=1S/C20H20N4O3S/c1-10-7-8-13-14(9-10)28-19(15(13)17(21)25)22-18(26)16-11-5-3-4-6-12(11)20(27)24(2)23-16/h3-6,10H,7-9H2,1-2H3,(H2,21,25)(H,22,26). The number of aromatic nitrogens is 2. The minimum atomic E-state index is -0.541. The zero-order chi connectivity index (χ0) is 20.0. The van der Waals surface area contributed by atoms with E-state index in [1.165, 1.54) is 18.4 Å². The first-order valence-electron chi connectivity index (χ1n) is 9.08. The molecular weight excluding hydrogens is 376 g/mol. The summed E-state index contributed by atoms with van der Waals surface area (Å²) in [5, 5.41) is 8.31. The Hall–Kier alpha value is -3.00. The van der Waals surface area contributed by atoms with Crippen molar-refractivity contribution >= 4 is 38.9 Å². The summed E-state index contributed by atoms with van der Waals surface area (Å²) in [6.07, 6.45) is 2.64. The molecule has 4 rings (SSSR count). The number of aryl methyl sites for hydroxylation is 1. The number of primary amides is 1. The van der Waals surface area contributed by atoms with Crippen molar-refractivity contribution in [2.75, 3.05) is 5.32 Å². The normalized spacial score (nSPS) is 16.0. The summed E-state index contributed by atoms with van der Waals surface area (Å²) < 4.78 is 1.15. The molecule has 7 nitrogen and oxygen atoms in total. The first kappa shape index (κ1) is 18.4. The Morgan fingerprint density at radius 1 is 1.29 bits per heavy atom. The number of carbonyl (C=O) groups excluding carboxylic acids is 2. The number of nitrogens with two attached hydrogens (primary N) is 1. The van der Waals surface area contributed by atoms with Crippen molar-refractivity contribution in [1.29, 1.82) is 0 Å². The van der Waals surface area contributed by atoms with Gasteiger partial charge in [0.1, 0.15) is 5.00 Å². The second-order valence-corrected chi connectivity index (χ2v) is 8.30. The summed E-state index contributed by atoms with van der Waals surface area (Å²) >= 11 is 1.40. The van der Waals surface area contributed by atoms with Gasteiger partial charge in [0.25, 0.3) is 17.4 Å². The monoisotopic (exact) mass is 396 g/mol. The molecule has 144 valence electrons. The molecule has 8 heteroatoms. The van der Waals surface area contributed by atoms with Gasteiger partial charge < -0.3 is 11.1 Å². The number of amides is 2. The Morgan fingerprint density at radius 3 is 2.71 bits per heavy atom. The van der Waals surface area contributed by atoms with Gasteiger partial charge in [0.15, 0.2) is 5.69 Å². The average molecular weight is 396 g/mol. The molecule has 1 aromatic carbocycles. The van der Waals surface area contributed by atoms with Crippen molar-refractivity contribution in [2.45, 2.75) is 26.2 Å². The van der Waals surface area contributed by atoms with E-state index >= 15 is 0 Å². The number of fused-ring (bicyclic) bond motifs is 2. The number of anilines is 1. The number of thiophene rings is 1. The zero-order valence-corrected chi connectivity index (χ0v) is 16.4. The number of nitrogens with one attached hydrogen (secondary N) is 1. The van der Waals surface area contributed by atoms with Gasteiger partial charge in [-0.1, -0.05) is 25.1 Å². The third-order valence-electron chi connectivity index (χ3n) is 5.16. The van der Waals surface area contributed by atoms with E-state index in [0.29, 0.717) is 27.3 Å². The maximum atomic E-state index is 13.0. The van der Waals surface area contributed by atoms with Gasteiger partial charge in [-0.05, 0) is 36.8 Å². The minimum absolute atomic E-state index is 0.132. The lowest BCUT2D eigenvalue weighted by molar-refractivity contribution is 0.1000. The average Bonchev–Trinajstić information content (AvgIpc) is 3.01. The maximum Gasteiger partial charge on any atom is 0.277 e. The number of rotatable bonds is 3. The highest BCUT2D eigenvalue weighted by Crippen LogP contribution is 2.39. The van der Waals surface area contributed by atoms with Crippen LogP contribution in [0.2, 0.25) is 0 Å². The number of carbonyl (C=O) groups is 2. The van der Waals surface area contributed by atoms with Gasteiger partial charge in [0.2, 0.25) is 0 Å². The van der Waals surface area contributed by atoms with Crippen molar-refractivity contribution in [1.82, 2.24) is 9.78 Å². The van der Waals surface area contributed by atoms with E-state index in [9.17, 15) is 14.4 Å².